The lowest BCUT2D eigenvalue weighted by atomic mass is 9.87. The van der Waals surface area contributed by atoms with Gasteiger partial charge in [0.1, 0.15) is 6.61 Å². The van der Waals surface area contributed by atoms with Gasteiger partial charge in [0, 0.05) is 6.04 Å². The van der Waals surface area contributed by atoms with Crippen molar-refractivity contribution >= 4 is 0 Å². The second kappa shape index (κ2) is 7.39. The van der Waals surface area contributed by atoms with Gasteiger partial charge in [-0.2, -0.15) is 0 Å². The van der Waals surface area contributed by atoms with E-state index < -0.39 is 0 Å². The summed E-state index contributed by atoms with van der Waals surface area (Å²) >= 11 is 0. The maximum atomic E-state index is 5.98. The van der Waals surface area contributed by atoms with E-state index in [1.807, 2.05) is 18.2 Å². The van der Waals surface area contributed by atoms with Crippen molar-refractivity contribution in [1.82, 2.24) is 5.32 Å². The van der Waals surface area contributed by atoms with Gasteiger partial charge in [-0.05, 0) is 24.1 Å². The van der Waals surface area contributed by atoms with E-state index in [1.165, 1.54) is 0 Å². The zero-order valence-corrected chi connectivity index (χ0v) is 13.4. The highest BCUT2D eigenvalue weighted by Gasteiger charge is 2.25. The minimum absolute atomic E-state index is 0.116. The van der Waals surface area contributed by atoms with Crippen LogP contribution in [0.1, 0.15) is 27.7 Å². The maximum absolute atomic E-state index is 5.98. The van der Waals surface area contributed by atoms with E-state index in [9.17, 15) is 0 Å². The Labute approximate surface area is 122 Å². The Morgan fingerprint density at radius 2 is 1.65 bits per heavy atom. The fourth-order valence-electron chi connectivity index (χ4n) is 1.99. The molecule has 0 amide bonds. The largest absolute Gasteiger partial charge is 0.493 e. The van der Waals surface area contributed by atoms with E-state index in [2.05, 4.69) is 33.0 Å². The standard InChI is InChI=1S/C16H27NO3/c1-7-17-14(16(2,3)4)11-20-15-12(18-5)9-8-10-13(15)19-6/h8-10,14,17H,7,11H2,1-6H3. The molecule has 1 atom stereocenters. The van der Waals surface area contributed by atoms with Crippen molar-refractivity contribution < 1.29 is 14.2 Å². The van der Waals surface area contributed by atoms with Gasteiger partial charge in [0.05, 0.1) is 14.2 Å². The number of nitrogens with one attached hydrogen (secondary N) is 1. The quantitative estimate of drug-likeness (QED) is 0.833. The molecule has 0 heterocycles. The van der Waals surface area contributed by atoms with Gasteiger partial charge in [0.15, 0.2) is 11.5 Å². The molecule has 4 heteroatoms. The van der Waals surface area contributed by atoms with E-state index in [-0.39, 0.29) is 11.5 Å². The van der Waals surface area contributed by atoms with E-state index in [0.717, 1.165) is 6.54 Å². The second-order valence-electron chi connectivity index (χ2n) is 5.78. The smallest absolute Gasteiger partial charge is 0.203 e. The Hall–Kier alpha value is -1.42. The first-order chi connectivity index (χ1) is 9.43. The van der Waals surface area contributed by atoms with Crippen LogP contribution in [-0.2, 0) is 0 Å². The van der Waals surface area contributed by atoms with Gasteiger partial charge in [-0.25, -0.2) is 0 Å². The summed E-state index contributed by atoms with van der Waals surface area (Å²) in [7, 11) is 3.26. The van der Waals surface area contributed by atoms with Crippen LogP contribution < -0.4 is 19.5 Å². The summed E-state index contributed by atoms with van der Waals surface area (Å²) in [4.78, 5) is 0. The third-order valence-corrected chi connectivity index (χ3v) is 3.27. The van der Waals surface area contributed by atoms with Crippen molar-refractivity contribution in [2.45, 2.75) is 33.7 Å². The summed E-state index contributed by atoms with van der Waals surface area (Å²) in [5, 5.41) is 3.46. The Balaban J connectivity index is 2.87. The summed E-state index contributed by atoms with van der Waals surface area (Å²) < 4.78 is 16.7. The summed E-state index contributed by atoms with van der Waals surface area (Å²) in [5.74, 6) is 2.03. The van der Waals surface area contributed by atoms with Crippen molar-refractivity contribution in [2.75, 3.05) is 27.4 Å². The summed E-state index contributed by atoms with van der Waals surface area (Å²) in [6, 6.07) is 5.88. The maximum Gasteiger partial charge on any atom is 0.203 e. The fraction of sp³-hybridized carbons (Fsp3) is 0.625. The average Bonchev–Trinajstić information content (AvgIpc) is 2.41. The van der Waals surface area contributed by atoms with E-state index in [0.29, 0.717) is 23.9 Å². The monoisotopic (exact) mass is 281 g/mol. The van der Waals surface area contributed by atoms with Crippen LogP contribution >= 0.6 is 0 Å². The van der Waals surface area contributed by atoms with Crippen molar-refractivity contribution in [3.05, 3.63) is 18.2 Å². The average molecular weight is 281 g/mol. The van der Waals surface area contributed by atoms with Gasteiger partial charge in [-0.1, -0.05) is 33.8 Å². The third-order valence-electron chi connectivity index (χ3n) is 3.27. The predicted octanol–water partition coefficient (Wildman–Crippen LogP) is 3.11. The Bertz CT molecular complexity index is 390. The number of ether oxygens (including phenoxy) is 3. The first kappa shape index (κ1) is 16.6. The number of hydrogen-bond acceptors (Lipinski definition) is 4. The minimum Gasteiger partial charge on any atom is -0.493 e. The molecular formula is C16H27NO3. The normalized spacial score (nSPS) is 12.9. The first-order valence-corrected chi connectivity index (χ1v) is 7.01. The Kier molecular flexibility index (Phi) is 6.14. The molecule has 0 saturated carbocycles. The fourth-order valence-corrected chi connectivity index (χ4v) is 1.99. The lowest BCUT2D eigenvalue weighted by Gasteiger charge is -2.31. The summed E-state index contributed by atoms with van der Waals surface area (Å²) in [6.45, 7) is 10.2. The molecule has 0 aromatic heterocycles. The molecule has 0 aliphatic heterocycles. The predicted molar refractivity (Wildman–Crippen MR) is 82.0 cm³/mol. The second-order valence-corrected chi connectivity index (χ2v) is 5.78. The molecule has 1 N–H and O–H groups in total. The van der Waals surface area contributed by atoms with Crippen molar-refractivity contribution in [2.24, 2.45) is 5.41 Å². The number of likely N-dealkylation sites (N-methyl/N-ethyl adjacent to an activating group) is 1. The molecule has 1 rings (SSSR count). The van der Waals surface area contributed by atoms with Gasteiger partial charge in [-0.15, -0.1) is 0 Å². The van der Waals surface area contributed by atoms with E-state index in [1.54, 1.807) is 14.2 Å². The molecule has 114 valence electrons. The molecule has 1 aromatic carbocycles. The van der Waals surface area contributed by atoms with Crippen LogP contribution in [0, 0.1) is 5.41 Å². The number of benzene rings is 1. The van der Waals surface area contributed by atoms with Crippen molar-refractivity contribution in [3.63, 3.8) is 0 Å². The Morgan fingerprint density at radius 3 is 2.05 bits per heavy atom. The van der Waals surface area contributed by atoms with Crippen molar-refractivity contribution in [1.29, 1.82) is 0 Å². The van der Waals surface area contributed by atoms with Crippen LogP contribution in [-0.4, -0.2) is 33.4 Å². The first-order valence-electron chi connectivity index (χ1n) is 7.01. The number of rotatable bonds is 7. The van der Waals surface area contributed by atoms with Gasteiger partial charge < -0.3 is 19.5 Å². The van der Waals surface area contributed by atoms with E-state index >= 15 is 0 Å². The highest BCUT2D eigenvalue weighted by molar-refractivity contribution is 5.51. The molecule has 20 heavy (non-hydrogen) atoms. The molecule has 1 unspecified atom stereocenters. The molecule has 0 aliphatic carbocycles. The van der Waals surface area contributed by atoms with Crippen LogP contribution in [0.5, 0.6) is 17.2 Å². The van der Waals surface area contributed by atoms with Crippen molar-refractivity contribution in [3.8, 4) is 17.2 Å². The zero-order valence-electron chi connectivity index (χ0n) is 13.4. The summed E-state index contributed by atoms with van der Waals surface area (Å²) in [5.41, 5.74) is 0.116. The van der Waals surface area contributed by atoms with Crippen LogP contribution in [0.25, 0.3) is 0 Å². The Morgan fingerprint density at radius 1 is 1.10 bits per heavy atom. The molecule has 1 aromatic rings. The lowest BCUT2D eigenvalue weighted by Crippen LogP contribution is -2.44. The third kappa shape index (κ3) is 4.30. The van der Waals surface area contributed by atoms with Crippen LogP contribution in [0.2, 0.25) is 0 Å². The minimum atomic E-state index is 0.116. The molecule has 0 aliphatic rings. The molecule has 0 spiro atoms. The molecular weight excluding hydrogens is 254 g/mol. The lowest BCUT2D eigenvalue weighted by molar-refractivity contribution is 0.168. The van der Waals surface area contributed by atoms with Gasteiger partial charge >= 0.3 is 0 Å². The molecule has 4 nitrogen and oxygen atoms in total. The molecule has 0 fully saturated rings. The molecule has 0 radical (unpaired) electrons. The number of para-hydroxylation sites is 1. The van der Waals surface area contributed by atoms with Gasteiger partial charge in [0.2, 0.25) is 5.75 Å². The number of hydrogen-bond donors (Lipinski definition) is 1. The van der Waals surface area contributed by atoms with Gasteiger partial charge in [-0.3, -0.25) is 0 Å². The number of methoxy groups -OCH3 is 2. The summed E-state index contributed by atoms with van der Waals surface area (Å²) in [6.07, 6.45) is 0. The van der Waals surface area contributed by atoms with Crippen LogP contribution in [0.15, 0.2) is 18.2 Å². The molecule has 0 saturated heterocycles. The SMILES string of the molecule is CCNC(COc1c(OC)cccc1OC)C(C)(C)C. The zero-order chi connectivity index (χ0) is 15.2. The van der Waals surface area contributed by atoms with Crippen LogP contribution in [0.4, 0.5) is 0 Å². The highest BCUT2D eigenvalue weighted by atomic mass is 16.5. The highest BCUT2D eigenvalue weighted by Crippen LogP contribution is 2.37. The van der Waals surface area contributed by atoms with Gasteiger partial charge in [0.25, 0.3) is 0 Å². The topological polar surface area (TPSA) is 39.7 Å². The van der Waals surface area contributed by atoms with Crippen LogP contribution in [0.3, 0.4) is 0 Å². The molecule has 0 bridgehead atoms. The van der Waals surface area contributed by atoms with E-state index in [4.69, 9.17) is 14.2 Å².